The van der Waals surface area contributed by atoms with Gasteiger partial charge in [0.1, 0.15) is 4.83 Å². The normalized spacial score (nSPS) is 16.1. The Morgan fingerprint density at radius 3 is 2.96 bits per heavy atom. The summed E-state index contributed by atoms with van der Waals surface area (Å²) in [5.74, 6) is 0.718. The summed E-state index contributed by atoms with van der Waals surface area (Å²) < 4.78 is 7.64. The van der Waals surface area contributed by atoms with Crippen molar-refractivity contribution in [2.75, 3.05) is 5.75 Å². The lowest BCUT2D eigenvalue weighted by Crippen LogP contribution is -2.32. The van der Waals surface area contributed by atoms with Crippen LogP contribution in [0.5, 0.6) is 0 Å². The van der Waals surface area contributed by atoms with Crippen LogP contribution in [0.1, 0.15) is 31.2 Å². The third-order valence-corrected chi connectivity index (χ3v) is 5.99. The molecular formula is C18H22N2O2S2. The minimum atomic E-state index is -0.247. The molecule has 0 aliphatic carbocycles. The van der Waals surface area contributed by atoms with E-state index in [1.54, 1.807) is 15.9 Å². The lowest BCUT2D eigenvalue weighted by molar-refractivity contribution is -0.0379. The summed E-state index contributed by atoms with van der Waals surface area (Å²) in [5.41, 5.74) is 1.83. The van der Waals surface area contributed by atoms with E-state index in [0.29, 0.717) is 13.2 Å². The lowest BCUT2D eigenvalue weighted by atomic mass is 9.94. The summed E-state index contributed by atoms with van der Waals surface area (Å²) in [6.07, 6.45) is 2.56. The molecule has 0 N–H and O–H groups in total. The maximum Gasteiger partial charge on any atom is 0.263 e. The molecule has 0 aromatic carbocycles. The van der Waals surface area contributed by atoms with Crippen molar-refractivity contribution in [2.45, 2.75) is 51.1 Å². The van der Waals surface area contributed by atoms with E-state index in [9.17, 15) is 4.79 Å². The average molecular weight is 363 g/mol. The molecule has 0 bridgehead atoms. The summed E-state index contributed by atoms with van der Waals surface area (Å²) >= 11 is 3.11. The van der Waals surface area contributed by atoms with Gasteiger partial charge in [-0.2, -0.15) is 0 Å². The van der Waals surface area contributed by atoms with Gasteiger partial charge in [-0.3, -0.25) is 9.36 Å². The van der Waals surface area contributed by atoms with Crippen LogP contribution in [0.3, 0.4) is 0 Å². The van der Waals surface area contributed by atoms with E-state index >= 15 is 0 Å². The zero-order valence-corrected chi connectivity index (χ0v) is 16.0. The zero-order chi connectivity index (χ0) is 17.5. The van der Waals surface area contributed by atoms with Crippen molar-refractivity contribution < 1.29 is 4.74 Å². The van der Waals surface area contributed by atoms with E-state index in [1.807, 2.05) is 13.0 Å². The molecule has 6 heteroatoms. The average Bonchev–Trinajstić information content (AvgIpc) is 2.84. The Morgan fingerprint density at radius 1 is 1.54 bits per heavy atom. The van der Waals surface area contributed by atoms with Gasteiger partial charge in [0.2, 0.25) is 0 Å². The van der Waals surface area contributed by atoms with Crippen LogP contribution in [-0.4, -0.2) is 20.9 Å². The van der Waals surface area contributed by atoms with E-state index < -0.39 is 0 Å². The minimum Gasteiger partial charge on any atom is -0.370 e. The molecule has 3 rings (SSSR count). The molecule has 2 aromatic heterocycles. The molecular weight excluding hydrogens is 340 g/mol. The summed E-state index contributed by atoms with van der Waals surface area (Å²) in [6.45, 7) is 14.8. The van der Waals surface area contributed by atoms with Gasteiger partial charge in [-0.25, -0.2) is 4.98 Å². The Hall–Kier alpha value is -1.37. The summed E-state index contributed by atoms with van der Waals surface area (Å²) in [4.78, 5) is 19.9. The molecule has 0 saturated heterocycles. The second-order valence-corrected chi connectivity index (χ2v) is 8.82. The van der Waals surface area contributed by atoms with Crippen LogP contribution < -0.4 is 5.56 Å². The van der Waals surface area contributed by atoms with E-state index in [-0.39, 0.29) is 11.2 Å². The second-order valence-electron chi connectivity index (χ2n) is 6.75. The fourth-order valence-corrected chi connectivity index (χ4v) is 4.74. The first-order chi connectivity index (χ1) is 11.3. The maximum atomic E-state index is 13.2. The van der Waals surface area contributed by atoms with Crippen molar-refractivity contribution in [1.29, 1.82) is 0 Å². The Bertz CT molecular complexity index is 877. The predicted octanol–water partition coefficient (Wildman–Crippen LogP) is 4.16. The third-order valence-electron chi connectivity index (χ3n) is 3.91. The highest BCUT2D eigenvalue weighted by atomic mass is 32.2. The summed E-state index contributed by atoms with van der Waals surface area (Å²) in [6, 6.07) is 0. The van der Waals surface area contributed by atoms with Crippen molar-refractivity contribution in [2.24, 2.45) is 0 Å². The van der Waals surface area contributed by atoms with Crippen LogP contribution >= 0.6 is 23.1 Å². The fraction of sp³-hybridized carbons (Fsp3) is 0.444. The molecule has 1 aliphatic heterocycles. The van der Waals surface area contributed by atoms with Crippen LogP contribution in [0.25, 0.3) is 10.2 Å². The van der Waals surface area contributed by atoms with Crippen molar-refractivity contribution in [1.82, 2.24) is 9.55 Å². The van der Waals surface area contributed by atoms with Crippen LogP contribution in [0.15, 0.2) is 34.8 Å². The molecule has 0 spiro atoms. The minimum absolute atomic E-state index is 0.0322. The van der Waals surface area contributed by atoms with Gasteiger partial charge in [-0.05, 0) is 26.3 Å². The van der Waals surface area contributed by atoms with E-state index in [2.05, 4.69) is 27.0 Å². The van der Waals surface area contributed by atoms with Crippen molar-refractivity contribution in [3.63, 3.8) is 0 Å². The van der Waals surface area contributed by atoms with Crippen LogP contribution in [0.2, 0.25) is 0 Å². The SMILES string of the molecule is C=CCSc1nc2sc3c(c2c(=O)n1CC(=C)C)CC(C)(C)OC3. The zero-order valence-electron chi connectivity index (χ0n) is 14.3. The molecule has 0 unspecified atom stereocenters. The van der Waals surface area contributed by atoms with Crippen molar-refractivity contribution >= 4 is 33.3 Å². The first-order valence-corrected chi connectivity index (χ1v) is 9.69. The van der Waals surface area contributed by atoms with Gasteiger partial charge >= 0.3 is 0 Å². The number of ether oxygens (including phenoxy) is 1. The number of nitrogens with zero attached hydrogens (tertiary/aromatic N) is 2. The number of hydrogen-bond donors (Lipinski definition) is 0. The number of rotatable bonds is 5. The standard InChI is InChI=1S/C18H22N2O2S2/c1-6-7-23-17-19-15-14(16(21)20(17)9-11(2)3)12-8-18(4,5)22-10-13(12)24-15/h6H,1-2,7-10H2,3-5H3. The molecule has 3 heterocycles. The van der Waals surface area contributed by atoms with E-state index in [4.69, 9.17) is 9.72 Å². The second kappa shape index (κ2) is 6.50. The largest absolute Gasteiger partial charge is 0.370 e. The molecule has 24 heavy (non-hydrogen) atoms. The Balaban J connectivity index is 2.23. The van der Waals surface area contributed by atoms with E-state index in [0.717, 1.165) is 43.6 Å². The van der Waals surface area contributed by atoms with Gasteiger partial charge in [-0.1, -0.05) is 30.0 Å². The highest BCUT2D eigenvalue weighted by Gasteiger charge is 2.31. The Kier molecular flexibility index (Phi) is 4.73. The Morgan fingerprint density at radius 2 is 2.29 bits per heavy atom. The molecule has 0 atom stereocenters. The quantitative estimate of drug-likeness (QED) is 0.455. The highest BCUT2D eigenvalue weighted by molar-refractivity contribution is 7.99. The van der Waals surface area contributed by atoms with Gasteiger partial charge < -0.3 is 4.74 Å². The van der Waals surface area contributed by atoms with Crippen LogP contribution in [0, 0.1) is 0 Å². The first kappa shape index (κ1) is 17.5. The molecule has 0 fully saturated rings. The molecule has 0 amide bonds. The van der Waals surface area contributed by atoms with Gasteiger partial charge in [0.25, 0.3) is 5.56 Å². The van der Waals surface area contributed by atoms with Crippen LogP contribution in [0.4, 0.5) is 0 Å². The molecule has 0 saturated carbocycles. The first-order valence-electron chi connectivity index (χ1n) is 7.89. The third kappa shape index (κ3) is 3.23. The van der Waals surface area contributed by atoms with Crippen molar-refractivity contribution in [3.05, 3.63) is 45.6 Å². The van der Waals surface area contributed by atoms with Gasteiger partial charge in [0.05, 0.1) is 17.6 Å². The number of hydrogen-bond acceptors (Lipinski definition) is 5. The van der Waals surface area contributed by atoms with Crippen molar-refractivity contribution in [3.8, 4) is 0 Å². The highest BCUT2D eigenvalue weighted by Crippen LogP contribution is 2.37. The van der Waals surface area contributed by atoms with Crippen LogP contribution in [-0.2, 0) is 24.3 Å². The number of aromatic nitrogens is 2. The number of thioether (sulfide) groups is 1. The predicted molar refractivity (Wildman–Crippen MR) is 102 cm³/mol. The van der Waals surface area contributed by atoms with Gasteiger partial charge in [-0.15, -0.1) is 17.9 Å². The van der Waals surface area contributed by atoms with Gasteiger partial charge in [0, 0.05) is 23.6 Å². The Labute approximate surface area is 150 Å². The molecule has 128 valence electrons. The lowest BCUT2D eigenvalue weighted by Gasteiger charge is -2.29. The monoisotopic (exact) mass is 362 g/mol. The molecule has 0 radical (unpaired) electrons. The number of fused-ring (bicyclic) bond motifs is 3. The number of allylic oxidation sites excluding steroid dienone is 1. The molecule has 2 aromatic rings. The summed E-state index contributed by atoms with van der Waals surface area (Å²) in [7, 11) is 0. The fourth-order valence-electron chi connectivity index (χ4n) is 2.86. The maximum absolute atomic E-state index is 13.2. The number of thiophene rings is 1. The summed E-state index contributed by atoms with van der Waals surface area (Å²) in [5, 5.41) is 1.49. The smallest absolute Gasteiger partial charge is 0.263 e. The molecule has 4 nitrogen and oxygen atoms in total. The molecule has 1 aliphatic rings. The topological polar surface area (TPSA) is 44.1 Å². The van der Waals surface area contributed by atoms with E-state index in [1.165, 1.54) is 11.8 Å². The van der Waals surface area contributed by atoms with Gasteiger partial charge in [0.15, 0.2) is 5.16 Å².